The number of amides is 3. The van der Waals surface area contributed by atoms with Crippen molar-refractivity contribution in [3.05, 3.63) is 71.8 Å². The van der Waals surface area contributed by atoms with Gasteiger partial charge in [0, 0.05) is 0 Å². The van der Waals surface area contributed by atoms with Crippen LogP contribution in [0, 0.1) is 5.92 Å². The van der Waals surface area contributed by atoms with E-state index in [2.05, 4.69) is 24.5 Å². The molecule has 0 bridgehead atoms. The number of urea groups is 1. The molecule has 0 aliphatic carbocycles. The van der Waals surface area contributed by atoms with Crippen molar-refractivity contribution in [2.45, 2.75) is 32.4 Å². The van der Waals surface area contributed by atoms with Gasteiger partial charge in [0.25, 0.3) is 0 Å². The lowest BCUT2D eigenvalue weighted by Gasteiger charge is -2.25. The van der Waals surface area contributed by atoms with Gasteiger partial charge in [0.15, 0.2) is 0 Å². The molecule has 132 valence electrons. The first-order chi connectivity index (χ1) is 12.0. The number of nitrogens with two attached hydrogens (primary N) is 1. The smallest absolute Gasteiger partial charge is 0.312 e. The Bertz CT molecular complexity index is 687. The van der Waals surface area contributed by atoms with E-state index in [4.69, 9.17) is 5.73 Å². The summed E-state index contributed by atoms with van der Waals surface area (Å²) in [7, 11) is 0. The van der Waals surface area contributed by atoms with Crippen LogP contribution in [0.5, 0.6) is 0 Å². The summed E-state index contributed by atoms with van der Waals surface area (Å²) in [4.78, 5) is 23.9. The van der Waals surface area contributed by atoms with E-state index in [0.717, 1.165) is 11.1 Å². The van der Waals surface area contributed by atoms with E-state index < -0.39 is 12.1 Å². The van der Waals surface area contributed by atoms with E-state index in [9.17, 15) is 9.59 Å². The van der Waals surface area contributed by atoms with Gasteiger partial charge >= 0.3 is 6.03 Å². The molecule has 0 aliphatic rings. The number of carbonyl (C=O) groups excluding carboxylic acids is 2. The minimum Gasteiger partial charge on any atom is -0.352 e. The zero-order valence-electron chi connectivity index (χ0n) is 14.6. The third-order valence-corrected chi connectivity index (χ3v) is 4.05. The quantitative estimate of drug-likeness (QED) is 0.723. The van der Waals surface area contributed by atoms with Crippen molar-refractivity contribution in [1.29, 1.82) is 0 Å². The van der Waals surface area contributed by atoms with Crippen LogP contribution in [-0.2, 0) is 4.79 Å². The third kappa shape index (κ3) is 5.64. The zero-order chi connectivity index (χ0) is 18.2. The summed E-state index contributed by atoms with van der Waals surface area (Å²) in [5.41, 5.74) is 7.17. The van der Waals surface area contributed by atoms with Gasteiger partial charge in [-0.1, -0.05) is 74.5 Å². The summed E-state index contributed by atoms with van der Waals surface area (Å²) in [5.74, 6) is 0.107. The highest BCUT2D eigenvalue weighted by Gasteiger charge is 2.22. The number of carbonyl (C=O) groups is 2. The Morgan fingerprint density at radius 2 is 1.40 bits per heavy atom. The lowest BCUT2D eigenvalue weighted by atomic mass is 9.95. The van der Waals surface area contributed by atoms with Crippen LogP contribution in [0.15, 0.2) is 60.7 Å². The van der Waals surface area contributed by atoms with Crippen LogP contribution in [0.25, 0.3) is 0 Å². The fourth-order valence-corrected chi connectivity index (χ4v) is 2.82. The Morgan fingerprint density at radius 3 is 1.88 bits per heavy atom. The van der Waals surface area contributed by atoms with E-state index >= 15 is 0 Å². The van der Waals surface area contributed by atoms with E-state index in [1.54, 1.807) is 0 Å². The van der Waals surface area contributed by atoms with Gasteiger partial charge in [0.1, 0.15) is 0 Å². The molecule has 2 aromatic carbocycles. The molecular weight excluding hydrogens is 314 g/mol. The Morgan fingerprint density at radius 1 is 0.880 bits per heavy atom. The van der Waals surface area contributed by atoms with Crippen molar-refractivity contribution >= 4 is 11.9 Å². The van der Waals surface area contributed by atoms with Crippen LogP contribution >= 0.6 is 0 Å². The summed E-state index contributed by atoms with van der Waals surface area (Å²) < 4.78 is 0. The summed E-state index contributed by atoms with van der Waals surface area (Å²) in [6, 6.07) is 18.0. The standard InChI is InChI=1S/C20H25N3O2/c1-14(2)19(16-11-7-4-8-12-16)23-18(24)13-17(22-20(21)25)15-9-5-3-6-10-15/h3-12,14,17,19H,13H2,1-2H3,(H,23,24)(H3,21,22,25)/t17-,19+/m1/s1. The molecule has 2 atom stereocenters. The van der Waals surface area contributed by atoms with E-state index in [1.807, 2.05) is 60.7 Å². The number of hydrogen-bond acceptors (Lipinski definition) is 2. The van der Waals surface area contributed by atoms with Gasteiger partial charge in [-0.25, -0.2) is 4.79 Å². The SMILES string of the molecule is CC(C)[C@H](NC(=O)C[C@@H](NC(N)=O)c1ccccc1)c1ccccc1. The fourth-order valence-electron chi connectivity index (χ4n) is 2.82. The molecule has 0 saturated heterocycles. The lowest BCUT2D eigenvalue weighted by Crippen LogP contribution is -2.38. The lowest BCUT2D eigenvalue weighted by molar-refractivity contribution is -0.122. The number of benzene rings is 2. The van der Waals surface area contributed by atoms with Crippen molar-refractivity contribution in [2.24, 2.45) is 11.7 Å². The van der Waals surface area contributed by atoms with E-state index in [-0.39, 0.29) is 24.3 Å². The van der Waals surface area contributed by atoms with Gasteiger partial charge in [0.05, 0.1) is 18.5 Å². The maximum absolute atomic E-state index is 12.6. The molecule has 0 aromatic heterocycles. The average Bonchev–Trinajstić information content (AvgIpc) is 2.60. The van der Waals surface area contributed by atoms with Gasteiger partial charge in [-0.2, -0.15) is 0 Å². The van der Waals surface area contributed by atoms with Crippen LogP contribution in [-0.4, -0.2) is 11.9 Å². The van der Waals surface area contributed by atoms with Gasteiger partial charge < -0.3 is 16.4 Å². The summed E-state index contributed by atoms with van der Waals surface area (Å²) in [6.45, 7) is 4.13. The highest BCUT2D eigenvalue weighted by molar-refractivity contribution is 5.79. The Labute approximate surface area is 148 Å². The monoisotopic (exact) mass is 339 g/mol. The molecule has 0 heterocycles. The Balaban J connectivity index is 2.10. The predicted molar refractivity (Wildman–Crippen MR) is 98.7 cm³/mol. The second-order valence-electron chi connectivity index (χ2n) is 6.38. The predicted octanol–water partition coefficient (Wildman–Crippen LogP) is 3.30. The van der Waals surface area contributed by atoms with E-state index in [1.165, 1.54) is 0 Å². The first-order valence-electron chi connectivity index (χ1n) is 8.42. The van der Waals surface area contributed by atoms with Crippen molar-refractivity contribution < 1.29 is 9.59 Å². The normalized spacial score (nSPS) is 13.1. The molecule has 0 radical (unpaired) electrons. The van der Waals surface area contributed by atoms with Gasteiger partial charge in [0.2, 0.25) is 5.91 Å². The highest BCUT2D eigenvalue weighted by Crippen LogP contribution is 2.23. The zero-order valence-corrected chi connectivity index (χ0v) is 14.6. The number of rotatable bonds is 7. The third-order valence-electron chi connectivity index (χ3n) is 4.05. The molecule has 25 heavy (non-hydrogen) atoms. The molecule has 0 unspecified atom stereocenters. The van der Waals surface area contributed by atoms with Crippen molar-refractivity contribution in [1.82, 2.24) is 10.6 Å². The minimum absolute atomic E-state index is 0.0845. The minimum atomic E-state index is -0.648. The molecule has 5 heteroatoms. The Kier molecular flexibility index (Phi) is 6.57. The number of hydrogen-bond donors (Lipinski definition) is 3. The molecule has 4 N–H and O–H groups in total. The maximum atomic E-state index is 12.6. The number of nitrogens with one attached hydrogen (secondary N) is 2. The van der Waals surface area contributed by atoms with Crippen LogP contribution in [0.2, 0.25) is 0 Å². The number of primary amides is 1. The Hall–Kier alpha value is -2.82. The largest absolute Gasteiger partial charge is 0.352 e. The van der Waals surface area contributed by atoms with Crippen molar-refractivity contribution in [2.75, 3.05) is 0 Å². The summed E-state index contributed by atoms with van der Waals surface area (Å²) in [5, 5.41) is 5.72. The van der Waals surface area contributed by atoms with Gasteiger partial charge in [-0.3, -0.25) is 4.79 Å². The molecule has 2 aromatic rings. The van der Waals surface area contributed by atoms with Gasteiger partial charge in [-0.05, 0) is 17.0 Å². The van der Waals surface area contributed by atoms with Crippen LogP contribution in [0.4, 0.5) is 4.79 Å². The van der Waals surface area contributed by atoms with Crippen LogP contribution in [0.1, 0.15) is 43.5 Å². The van der Waals surface area contributed by atoms with E-state index in [0.29, 0.717) is 0 Å². The van der Waals surface area contributed by atoms with Crippen LogP contribution < -0.4 is 16.4 Å². The first kappa shape index (κ1) is 18.5. The fraction of sp³-hybridized carbons (Fsp3) is 0.300. The molecule has 0 fully saturated rings. The molecule has 0 saturated carbocycles. The topological polar surface area (TPSA) is 84.2 Å². The molecule has 0 spiro atoms. The van der Waals surface area contributed by atoms with Crippen molar-refractivity contribution in [3.63, 3.8) is 0 Å². The highest BCUT2D eigenvalue weighted by atomic mass is 16.2. The molecular formula is C20H25N3O2. The molecule has 5 nitrogen and oxygen atoms in total. The van der Waals surface area contributed by atoms with Gasteiger partial charge in [-0.15, -0.1) is 0 Å². The summed E-state index contributed by atoms with van der Waals surface area (Å²) >= 11 is 0. The van der Waals surface area contributed by atoms with Crippen LogP contribution in [0.3, 0.4) is 0 Å². The molecule has 2 rings (SSSR count). The van der Waals surface area contributed by atoms with Crippen molar-refractivity contribution in [3.8, 4) is 0 Å². The summed E-state index contributed by atoms with van der Waals surface area (Å²) in [6.07, 6.45) is 0.128. The maximum Gasteiger partial charge on any atom is 0.312 e. The molecule has 0 aliphatic heterocycles. The average molecular weight is 339 g/mol. The first-order valence-corrected chi connectivity index (χ1v) is 8.42. The second-order valence-corrected chi connectivity index (χ2v) is 6.38. The second kappa shape index (κ2) is 8.87. The molecule has 3 amide bonds.